The molecular weight excluding hydrogens is 332 g/mol. The lowest BCUT2D eigenvalue weighted by molar-refractivity contribution is -0.167. The summed E-state index contributed by atoms with van der Waals surface area (Å²) in [6, 6.07) is 0.835. The minimum absolute atomic E-state index is 0.403. The summed E-state index contributed by atoms with van der Waals surface area (Å²) < 4.78 is 11.0. The Bertz CT molecular complexity index is 560. The fourth-order valence-electron chi connectivity index (χ4n) is 2.19. The van der Waals surface area contributed by atoms with E-state index in [-0.39, 0.29) is 0 Å². The van der Waals surface area contributed by atoms with Crippen molar-refractivity contribution >= 4 is 23.4 Å². The van der Waals surface area contributed by atoms with Crippen LogP contribution in [0, 0.1) is 0 Å². The summed E-state index contributed by atoms with van der Waals surface area (Å²) >= 11 is 7.16. The number of ether oxygens (including phenoxy) is 2. The van der Waals surface area contributed by atoms with Gasteiger partial charge >= 0.3 is 0 Å². The van der Waals surface area contributed by atoms with Crippen molar-refractivity contribution in [2.75, 3.05) is 13.7 Å². The van der Waals surface area contributed by atoms with E-state index in [1.807, 2.05) is 0 Å². The van der Waals surface area contributed by atoms with Gasteiger partial charge in [-0.2, -0.15) is 0 Å². The predicted octanol–water partition coefficient (Wildman–Crippen LogP) is 1.60. The van der Waals surface area contributed by atoms with Gasteiger partial charge in [-0.05, 0) is 11.6 Å². The van der Waals surface area contributed by atoms with Gasteiger partial charge in [0.1, 0.15) is 17.6 Å². The molecule has 2 N–H and O–H groups in total. The summed E-state index contributed by atoms with van der Waals surface area (Å²) in [5.41, 5.74) is 8.08. The van der Waals surface area contributed by atoms with Gasteiger partial charge in [-0.1, -0.05) is 28.5 Å². The van der Waals surface area contributed by atoms with Crippen LogP contribution in [0.4, 0.5) is 0 Å². The molecule has 2 rings (SSSR count). The van der Waals surface area contributed by atoms with Gasteiger partial charge < -0.3 is 19.7 Å². The first-order valence-electron chi connectivity index (χ1n) is 6.39. The number of azide groups is 1. The predicted molar refractivity (Wildman–Crippen MR) is 80.6 cm³/mol. The molecule has 1 aliphatic heterocycles. The lowest BCUT2D eigenvalue weighted by Crippen LogP contribution is -2.57. The van der Waals surface area contributed by atoms with E-state index in [0.717, 1.165) is 4.90 Å². The van der Waals surface area contributed by atoms with Gasteiger partial charge in [0.25, 0.3) is 0 Å². The van der Waals surface area contributed by atoms with Crippen LogP contribution in [0.1, 0.15) is 0 Å². The van der Waals surface area contributed by atoms with E-state index in [0.29, 0.717) is 5.02 Å². The first-order valence-corrected chi connectivity index (χ1v) is 7.65. The number of rotatable bonds is 5. The molecule has 8 nitrogen and oxygen atoms in total. The number of methoxy groups -OCH3 is 1. The zero-order chi connectivity index (χ0) is 16.1. The number of nitrogens with zero attached hydrogens (tertiary/aromatic N) is 4. The topological polar surface area (TPSA) is 121 Å². The van der Waals surface area contributed by atoms with Gasteiger partial charge in [-0.25, -0.2) is 0 Å². The Kier molecular flexibility index (Phi) is 6.27. The summed E-state index contributed by atoms with van der Waals surface area (Å²) in [6.07, 6.45) is 0.405. The molecule has 120 valence electrons. The Morgan fingerprint density at radius 3 is 2.95 bits per heavy atom. The summed E-state index contributed by atoms with van der Waals surface area (Å²) in [7, 11) is 1.43. The van der Waals surface area contributed by atoms with Crippen LogP contribution in [-0.4, -0.2) is 58.7 Å². The van der Waals surface area contributed by atoms with Crippen molar-refractivity contribution in [3.05, 3.63) is 33.9 Å². The number of hydrogen-bond donors (Lipinski definition) is 2. The lowest BCUT2D eigenvalue weighted by atomic mass is 9.98. The maximum absolute atomic E-state index is 10.1. The number of pyridine rings is 1. The van der Waals surface area contributed by atoms with Crippen molar-refractivity contribution in [2.24, 2.45) is 5.11 Å². The van der Waals surface area contributed by atoms with Crippen molar-refractivity contribution in [2.45, 2.75) is 34.7 Å². The largest absolute Gasteiger partial charge is 0.394 e. The zero-order valence-electron chi connectivity index (χ0n) is 11.6. The number of halogens is 1. The smallest absolute Gasteiger partial charge is 0.134 e. The fourth-order valence-corrected chi connectivity index (χ4v) is 3.61. The molecule has 0 bridgehead atoms. The monoisotopic (exact) mass is 346 g/mol. The highest BCUT2D eigenvalue weighted by atomic mass is 35.5. The Morgan fingerprint density at radius 2 is 2.36 bits per heavy atom. The van der Waals surface area contributed by atoms with Crippen LogP contribution in [0.2, 0.25) is 5.02 Å². The van der Waals surface area contributed by atoms with Crippen molar-refractivity contribution in [3.63, 3.8) is 0 Å². The van der Waals surface area contributed by atoms with Crippen LogP contribution in [0.5, 0.6) is 0 Å². The van der Waals surface area contributed by atoms with E-state index in [2.05, 4.69) is 15.0 Å². The van der Waals surface area contributed by atoms with E-state index < -0.39 is 36.4 Å². The van der Waals surface area contributed by atoms with Crippen LogP contribution >= 0.6 is 23.4 Å². The van der Waals surface area contributed by atoms with Gasteiger partial charge in [0.2, 0.25) is 0 Å². The van der Waals surface area contributed by atoms with Gasteiger partial charge in [0.05, 0.1) is 23.8 Å². The van der Waals surface area contributed by atoms with Crippen LogP contribution in [-0.2, 0) is 9.47 Å². The van der Waals surface area contributed by atoms with Gasteiger partial charge in [-0.15, -0.1) is 0 Å². The Labute approximate surface area is 136 Å². The summed E-state index contributed by atoms with van der Waals surface area (Å²) in [5.74, 6) is 0. The van der Waals surface area contributed by atoms with Crippen LogP contribution < -0.4 is 0 Å². The van der Waals surface area contributed by atoms with Crippen molar-refractivity contribution in [1.82, 2.24) is 4.98 Å². The minimum atomic E-state index is -1.15. The molecule has 0 amide bonds. The van der Waals surface area contributed by atoms with E-state index in [9.17, 15) is 10.2 Å². The highest BCUT2D eigenvalue weighted by Crippen LogP contribution is 2.36. The second-order valence-corrected chi connectivity index (χ2v) is 6.18. The SMILES string of the molecule is CO[C@H]1C(N=[N+]=[N-])[C@@H](O)C(CO)O[C@@H]1Sc1cncc(Cl)c1. The van der Waals surface area contributed by atoms with Crippen LogP contribution in [0.25, 0.3) is 10.4 Å². The second-order valence-electron chi connectivity index (χ2n) is 4.57. The molecule has 1 aliphatic rings. The van der Waals surface area contributed by atoms with Crippen molar-refractivity contribution in [1.29, 1.82) is 0 Å². The summed E-state index contributed by atoms with van der Waals surface area (Å²) in [6.45, 7) is -0.403. The summed E-state index contributed by atoms with van der Waals surface area (Å²) in [5, 5.41) is 23.5. The molecule has 0 aromatic carbocycles. The highest BCUT2D eigenvalue weighted by molar-refractivity contribution is 7.99. The van der Waals surface area contributed by atoms with Gasteiger partial charge in [0, 0.05) is 29.3 Å². The number of aliphatic hydroxyl groups is 2. The highest BCUT2D eigenvalue weighted by Gasteiger charge is 2.45. The van der Waals surface area contributed by atoms with E-state index in [4.69, 9.17) is 26.6 Å². The number of aliphatic hydroxyl groups excluding tert-OH is 2. The third-order valence-corrected chi connectivity index (χ3v) is 4.53. The molecule has 0 aliphatic carbocycles. The molecule has 1 fully saturated rings. The maximum atomic E-state index is 10.1. The van der Waals surface area contributed by atoms with Crippen LogP contribution in [0.3, 0.4) is 0 Å². The number of hydrogen-bond acceptors (Lipinski definition) is 7. The van der Waals surface area contributed by atoms with Crippen molar-refractivity contribution in [3.8, 4) is 0 Å². The molecule has 10 heteroatoms. The quantitative estimate of drug-likeness (QED) is 0.474. The molecule has 0 spiro atoms. The van der Waals surface area contributed by atoms with E-state index >= 15 is 0 Å². The third-order valence-electron chi connectivity index (χ3n) is 3.21. The normalized spacial score (nSPS) is 31.5. The Morgan fingerprint density at radius 1 is 1.59 bits per heavy atom. The Balaban J connectivity index is 2.25. The minimum Gasteiger partial charge on any atom is -0.394 e. The van der Waals surface area contributed by atoms with Gasteiger partial charge in [0.15, 0.2) is 0 Å². The number of thioether (sulfide) groups is 1. The van der Waals surface area contributed by atoms with Crippen LogP contribution in [0.15, 0.2) is 28.5 Å². The molecule has 0 saturated carbocycles. The molecule has 2 heterocycles. The molecule has 5 atom stereocenters. The van der Waals surface area contributed by atoms with E-state index in [1.165, 1.54) is 25.1 Å². The van der Waals surface area contributed by atoms with Crippen molar-refractivity contribution < 1.29 is 19.7 Å². The molecule has 0 radical (unpaired) electrons. The molecule has 1 aromatic heterocycles. The average Bonchev–Trinajstić information content (AvgIpc) is 2.50. The van der Waals surface area contributed by atoms with E-state index in [1.54, 1.807) is 12.3 Å². The average molecular weight is 347 g/mol. The maximum Gasteiger partial charge on any atom is 0.134 e. The van der Waals surface area contributed by atoms with Gasteiger partial charge in [-0.3, -0.25) is 4.98 Å². The molecule has 1 saturated heterocycles. The second kappa shape index (κ2) is 7.98. The molecule has 2 unspecified atom stereocenters. The Hall–Kier alpha value is -1.06. The zero-order valence-corrected chi connectivity index (χ0v) is 13.2. The third kappa shape index (κ3) is 3.82. The standard InChI is InChI=1S/C12H15ClN4O4S/c1-20-11-9(16-17-14)10(19)8(5-18)21-12(11)22-7-2-6(13)3-15-4-7/h2-4,8-12,18-19H,5H2,1H3/t8?,9?,10-,11-,12+/m0/s1. The lowest BCUT2D eigenvalue weighted by Gasteiger charge is -2.41. The molecule has 1 aromatic rings. The first-order chi connectivity index (χ1) is 10.6. The molecular formula is C12H15ClN4O4S. The number of aromatic nitrogens is 1. The fraction of sp³-hybridized carbons (Fsp3) is 0.583. The molecule has 22 heavy (non-hydrogen) atoms. The first kappa shape index (κ1) is 17.3. The summed E-state index contributed by atoms with van der Waals surface area (Å²) in [4.78, 5) is 7.45.